The number of carboxylic acid groups (broad SMARTS) is 1. The van der Waals surface area contributed by atoms with Crippen LogP contribution >= 0.6 is 0 Å². The quantitative estimate of drug-likeness (QED) is 0.870. The number of carbonyl (C=O) groups excluding carboxylic acids is 1. The number of benzene rings is 1. The molecule has 2 aromatic rings. The summed E-state index contributed by atoms with van der Waals surface area (Å²) in [5.74, 6) is -0.846. The molecule has 21 heavy (non-hydrogen) atoms. The van der Waals surface area contributed by atoms with E-state index in [1.807, 2.05) is 13.0 Å². The normalized spacial score (nSPS) is 10.2. The molecule has 1 amide bonds. The van der Waals surface area contributed by atoms with Crippen molar-refractivity contribution in [3.8, 4) is 5.75 Å². The van der Waals surface area contributed by atoms with Gasteiger partial charge in [0.25, 0.3) is 0 Å². The van der Waals surface area contributed by atoms with Gasteiger partial charge in [0, 0.05) is 6.20 Å². The van der Waals surface area contributed by atoms with E-state index in [9.17, 15) is 9.59 Å². The second-order valence-corrected chi connectivity index (χ2v) is 4.48. The lowest BCUT2D eigenvalue weighted by Crippen LogP contribution is -2.19. The van der Waals surface area contributed by atoms with Crippen LogP contribution in [0.15, 0.2) is 30.6 Å². The van der Waals surface area contributed by atoms with Crippen LogP contribution < -0.4 is 10.1 Å². The topological polar surface area (TPSA) is 93.5 Å². The second kappa shape index (κ2) is 6.08. The van der Waals surface area contributed by atoms with Gasteiger partial charge in [0.2, 0.25) is 5.91 Å². The average Bonchev–Trinajstić information content (AvgIpc) is 2.87. The van der Waals surface area contributed by atoms with Crippen molar-refractivity contribution in [3.05, 3.63) is 41.7 Å². The minimum Gasteiger partial charge on any atom is -0.495 e. The summed E-state index contributed by atoms with van der Waals surface area (Å²) >= 11 is 0. The molecule has 0 atom stereocenters. The van der Waals surface area contributed by atoms with Gasteiger partial charge in [-0.1, -0.05) is 6.07 Å². The molecule has 7 nitrogen and oxygen atoms in total. The van der Waals surface area contributed by atoms with Gasteiger partial charge >= 0.3 is 5.97 Å². The SMILES string of the molecule is COc1ccc(C)cc1NC(=O)Cn1cc(C(=O)O)cn1. The van der Waals surface area contributed by atoms with Crippen molar-refractivity contribution in [1.82, 2.24) is 9.78 Å². The highest BCUT2D eigenvalue weighted by Gasteiger charge is 2.11. The number of carboxylic acids is 1. The van der Waals surface area contributed by atoms with Crippen LogP contribution in [-0.4, -0.2) is 33.9 Å². The maximum Gasteiger partial charge on any atom is 0.338 e. The van der Waals surface area contributed by atoms with Crippen LogP contribution in [0.5, 0.6) is 5.75 Å². The van der Waals surface area contributed by atoms with Crippen LogP contribution in [0.2, 0.25) is 0 Å². The van der Waals surface area contributed by atoms with Crippen LogP contribution in [0, 0.1) is 6.92 Å². The predicted octanol–water partition coefficient (Wildman–Crippen LogP) is 1.54. The van der Waals surface area contributed by atoms with Crippen LogP contribution in [0.4, 0.5) is 5.69 Å². The van der Waals surface area contributed by atoms with Crippen LogP contribution in [0.25, 0.3) is 0 Å². The Kier molecular flexibility index (Phi) is 4.22. The first-order chi connectivity index (χ1) is 9.99. The van der Waals surface area contributed by atoms with Gasteiger partial charge in [-0.25, -0.2) is 4.79 Å². The Morgan fingerprint density at radius 1 is 1.43 bits per heavy atom. The number of anilines is 1. The number of carbonyl (C=O) groups is 2. The maximum absolute atomic E-state index is 12.0. The summed E-state index contributed by atoms with van der Waals surface area (Å²) in [5.41, 5.74) is 1.59. The minimum absolute atomic E-state index is 0.0379. The third-order valence-corrected chi connectivity index (χ3v) is 2.81. The average molecular weight is 289 g/mol. The number of aryl methyl sites for hydroxylation is 1. The number of ether oxygens (including phenoxy) is 1. The van der Waals surface area contributed by atoms with E-state index in [-0.39, 0.29) is 18.0 Å². The molecule has 1 aromatic heterocycles. The molecule has 0 spiro atoms. The molecule has 0 saturated carbocycles. The molecule has 0 unspecified atom stereocenters. The Morgan fingerprint density at radius 2 is 2.19 bits per heavy atom. The van der Waals surface area contributed by atoms with Crippen molar-refractivity contribution in [1.29, 1.82) is 0 Å². The molecule has 0 bridgehead atoms. The van der Waals surface area contributed by atoms with Gasteiger partial charge in [-0.2, -0.15) is 5.10 Å². The van der Waals surface area contributed by atoms with Crippen molar-refractivity contribution in [2.45, 2.75) is 13.5 Å². The lowest BCUT2D eigenvalue weighted by Gasteiger charge is -2.11. The van der Waals surface area contributed by atoms with E-state index < -0.39 is 5.97 Å². The molecule has 0 saturated heterocycles. The van der Waals surface area contributed by atoms with E-state index >= 15 is 0 Å². The summed E-state index contributed by atoms with van der Waals surface area (Å²) in [5, 5.41) is 15.3. The van der Waals surface area contributed by atoms with Gasteiger partial charge in [-0.3, -0.25) is 9.48 Å². The van der Waals surface area contributed by atoms with E-state index in [1.165, 1.54) is 24.2 Å². The molecule has 1 aromatic carbocycles. The summed E-state index contributed by atoms with van der Waals surface area (Å²) in [6.07, 6.45) is 2.50. The fourth-order valence-corrected chi connectivity index (χ4v) is 1.82. The van der Waals surface area contributed by atoms with Gasteiger partial charge in [-0.05, 0) is 24.6 Å². The molecular formula is C14H15N3O4. The second-order valence-electron chi connectivity index (χ2n) is 4.48. The first kappa shape index (κ1) is 14.6. The van der Waals surface area contributed by atoms with Gasteiger partial charge < -0.3 is 15.2 Å². The number of aromatic nitrogens is 2. The highest BCUT2D eigenvalue weighted by molar-refractivity contribution is 5.92. The predicted molar refractivity (Wildman–Crippen MR) is 75.5 cm³/mol. The number of nitrogens with one attached hydrogen (secondary N) is 1. The lowest BCUT2D eigenvalue weighted by molar-refractivity contribution is -0.116. The molecule has 0 aliphatic rings. The van der Waals surface area contributed by atoms with Gasteiger partial charge in [0.05, 0.1) is 24.6 Å². The summed E-state index contributed by atoms with van der Waals surface area (Å²) in [7, 11) is 1.52. The van der Waals surface area contributed by atoms with Crippen LogP contribution in [0.1, 0.15) is 15.9 Å². The number of aromatic carboxylic acids is 1. The summed E-state index contributed by atoms with van der Waals surface area (Å²) in [6, 6.07) is 5.44. The van der Waals surface area contributed by atoms with E-state index in [0.29, 0.717) is 11.4 Å². The van der Waals surface area contributed by atoms with Crippen molar-refractivity contribution < 1.29 is 19.4 Å². The molecule has 2 N–H and O–H groups in total. The summed E-state index contributed by atoms with van der Waals surface area (Å²) < 4.78 is 6.44. The fourth-order valence-electron chi connectivity index (χ4n) is 1.82. The minimum atomic E-state index is -1.08. The van der Waals surface area contributed by atoms with Gasteiger partial charge in [-0.15, -0.1) is 0 Å². The zero-order valence-corrected chi connectivity index (χ0v) is 11.7. The van der Waals surface area contributed by atoms with Crippen molar-refractivity contribution >= 4 is 17.6 Å². The Labute approximate surface area is 121 Å². The smallest absolute Gasteiger partial charge is 0.338 e. The molecule has 1 heterocycles. The Balaban J connectivity index is 2.07. The third kappa shape index (κ3) is 3.59. The number of nitrogens with zero attached hydrogens (tertiary/aromatic N) is 2. The van der Waals surface area contributed by atoms with E-state index in [1.54, 1.807) is 12.1 Å². The molecule has 7 heteroatoms. The van der Waals surface area contributed by atoms with E-state index in [0.717, 1.165) is 5.56 Å². The third-order valence-electron chi connectivity index (χ3n) is 2.81. The number of hydrogen-bond acceptors (Lipinski definition) is 4. The molecule has 0 aliphatic heterocycles. The first-order valence-corrected chi connectivity index (χ1v) is 6.20. The first-order valence-electron chi connectivity index (χ1n) is 6.20. The molecule has 2 rings (SSSR count). The summed E-state index contributed by atoms with van der Waals surface area (Å²) in [4.78, 5) is 22.7. The molecular weight excluding hydrogens is 274 g/mol. The van der Waals surface area contributed by atoms with E-state index in [4.69, 9.17) is 9.84 Å². The molecule has 0 aliphatic carbocycles. The Bertz CT molecular complexity index is 679. The van der Waals surface area contributed by atoms with Crippen molar-refractivity contribution in [3.63, 3.8) is 0 Å². The van der Waals surface area contributed by atoms with Crippen molar-refractivity contribution in [2.24, 2.45) is 0 Å². The summed E-state index contributed by atoms with van der Waals surface area (Å²) in [6.45, 7) is 1.83. The maximum atomic E-state index is 12.0. The monoisotopic (exact) mass is 289 g/mol. The number of methoxy groups -OCH3 is 1. The number of rotatable bonds is 5. The van der Waals surface area contributed by atoms with Crippen molar-refractivity contribution in [2.75, 3.05) is 12.4 Å². The lowest BCUT2D eigenvalue weighted by atomic mass is 10.2. The van der Waals surface area contributed by atoms with Crippen LogP contribution in [0.3, 0.4) is 0 Å². The zero-order valence-electron chi connectivity index (χ0n) is 11.7. The zero-order chi connectivity index (χ0) is 15.4. The van der Waals surface area contributed by atoms with Gasteiger partial charge in [0.15, 0.2) is 0 Å². The molecule has 0 radical (unpaired) electrons. The standard InChI is InChI=1S/C14H15N3O4/c1-9-3-4-12(21-2)11(5-9)16-13(18)8-17-7-10(6-15-17)14(19)20/h3-7H,8H2,1-2H3,(H,16,18)(H,19,20). The number of hydrogen-bond donors (Lipinski definition) is 2. The molecule has 0 fully saturated rings. The van der Waals surface area contributed by atoms with Gasteiger partial charge in [0.1, 0.15) is 12.3 Å². The molecule has 110 valence electrons. The van der Waals surface area contributed by atoms with E-state index in [2.05, 4.69) is 10.4 Å². The highest BCUT2D eigenvalue weighted by atomic mass is 16.5. The highest BCUT2D eigenvalue weighted by Crippen LogP contribution is 2.25. The number of amides is 1. The van der Waals surface area contributed by atoms with Crippen LogP contribution in [-0.2, 0) is 11.3 Å². The fraction of sp³-hybridized carbons (Fsp3) is 0.214. The Hall–Kier alpha value is -2.83. The largest absolute Gasteiger partial charge is 0.495 e. The Morgan fingerprint density at radius 3 is 2.81 bits per heavy atom.